The van der Waals surface area contributed by atoms with Crippen molar-refractivity contribution in [3.8, 4) is 0 Å². The van der Waals surface area contributed by atoms with Crippen molar-refractivity contribution in [2.45, 2.75) is 39.2 Å². The van der Waals surface area contributed by atoms with Crippen molar-refractivity contribution in [2.75, 3.05) is 6.61 Å². The highest BCUT2D eigenvalue weighted by molar-refractivity contribution is 7.18. The minimum atomic E-state index is -0.382. The molecule has 0 aliphatic heterocycles. The highest BCUT2D eigenvalue weighted by Gasteiger charge is 2.16. The zero-order valence-electron chi connectivity index (χ0n) is 16.3. The van der Waals surface area contributed by atoms with E-state index in [0.717, 1.165) is 23.4 Å². The van der Waals surface area contributed by atoms with Gasteiger partial charge in [-0.15, -0.1) is 11.3 Å². The number of carbonyl (C=O) groups is 2. The second kappa shape index (κ2) is 8.52. The molecule has 1 amide bonds. The van der Waals surface area contributed by atoms with Crippen LogP contribution in [0.15, 0.2) is 48.5 Å². The second-order valence-electron chi connectivity index (χ2n) is 7.60. The predicted molar refractivity (Wildman–Crippen MR) is 112 cm³/mol. The van der Waals surface area contributed by atoms with Gasteiger partial charge in [-0.1, -0.05) is 12.1 Å². The largest absolute Gasteiger partial charge is 0.462 e. The first-order valence-electron chi connectivity index (χ1n) is 9.26. The number of fused-ring (bicyclic) bond motifs is 1. The van der Waals surface area contributed by atoms with Crippen LogP contribution in [0.25, 0.3) is 10.2 Å². The maximum Gasteiger partial charge on any atom is 0.338 e. The van der Waals surface area contributed by atoms with Crippen LogP contribution < -0.4 is 5.32 Å². The Labute approximate surface area is 168 Å². The number of nitrogens with one attached hydrogen (secondary N) is 1. The van der Waals surface area contributed by atoms with Gasteiger partial charge in [-0.25, -0.2) is 9.78 Å². The van der Waals surface area contributed by atoms with Gasteiger partial charge in [0, 0.05) is 17.5 Å². The number of ether oxygens (including phenoxy) is 1. The number of aryl methyl sites for hydroxylation is 1. The van der Waals surface area contributed by atoms with Crippen LogP contribution in [0.2, 0.25) is 0 Å². The normalized spacial score (nSPS) is 11.4. The van der Waals surface area contributed by atoms with Crippen molar-refractivity contribution in [1.29, 1.82) is 0 Å². The first-order chi connectivity index (χ1) is 13.3. The second-order valence-corrected chi connectivity index (χ2v) is 8.71. The van der Waals surface area contributed by atoms with Gasteiger partial charge >= 0.3 is 5.97 Å². The van der Waals surface area contributed by atoms with Gasteiger partial charge in [0.1, 0.15) is 0 Å². The first kappa shape index (κ1) is 20.0. The first-order valence-corrected chi connectivity index (χ1v) is 10.1. The Morgan fingerprint density at radius 3 is 2.39 bits per heavy atom. The average Bonchev–Trinajstić information content (AvgIpc) is 3.06. The smallest absolute Gasteiger partial charge is 0.338 e. The lowest BCUT2D eigenvalue weighted by Crippen LogP contribution is -2.40. The number of benzene rings is 2. The van der Waals surface area contributed by atoms with Gasteiger partial charge in [0.15, 0.2) is 0 Å². The minimum absolute atomic E-state index is 0.164. The maximum absolute atomic E-state index is 12.2. The molecule has 0 unspecified atom stereocenters. The molecule has 0 fully saturated rings. The number of hydrogen-bond donors (Lipinski definition) is 1. The summed E-state index contributed by atoms with van der Waals surface area (Å²) in [5.41, 5.74) is 1.66. The summed E-state index contributed by atoms with van der Waals surface area (Å²) < 4.78 is 6.51. The fourth-order valence-electron chi connectivity index (χ4n) is 2.67. The molecule has 0 aliphatic carbocycles. The van der Waals surface area contributed by atoms with E-state index in [-0.39, 0.29) is 17.4 Å². The molecule has 0 aliphatic rings. The van der Waals surface area contributed by atoms with Crippen LogP contribution in [-0.4, -0.2) is 29.0 Å². The van der Waals surface area contributed by atoms with E-state index in [0.29, 0.717) is 17.7 Å². The highest BCUT2D eigenvalue weighted by atomic mass is 32.1. The molecule has 0 bridgehead atoms. The van der Waals surface area contributed by atoms with Crippen LogP contribution in [0.5, 0.6) is 0 Å². The number of thiazole rings is 1. The zero-order valence-corrected chi connectivity index (χ0v) is 17.1. The molecule has 3 aromatic rings. The van der Waals surface area contributed by atoms with Gasteiger partial charge < -0.3 is 10.1 Å². The summed E-state index contributed by atoms with van der Waals surface area (Å²) in [6.45, 7) is 6.10. The van der Waals surface area contributed by atoms with E-state index >= 15 is 0 Å². The summed E-state index contributed by atoms with van der Waals surface area (Å²) in [5.74, 6) is -0.546. The standard InChI is InChI=1S/C22H24N2O3S/c1-22(2,3)24-20(25)15-10-12-16(13-11-15)21(26)27-14-6-9-19-23-17-7-4-5-8-18(17)28-19/h4-5,7-8,10-13H,6,9,14H2,1-3H3,(H,24,25). The lowest BCUT2D eigenvalue weighted by molar-refractivity contribution is 0.0500. The predicted octanol–water partition coefficient (Wildman–Crippen LogP) is 4.61. The van der Waals surface area contributed by atoms with Crippen LogP contribution in [0, 0.1) is 0 Å². The average molecular weight is 397 g/mol. The van der Waals surface area contributed by atoms with Gasteiger partial charge in [0.2, 0.25) is 0 Å². The lowest BCUT2D eigenvalue weighted by Gasteiger charge is -2.20. The molecule has 6 heteroatoms. The lowest BCUT2D eigenvalue weighted by atomic mass is 10.1. The number of esters is 1. The SMILES string of the molecule is CC(C)(C)NC(=O)c1ccc(C(=O)OCCCc2nc3ccccc3s2)cc1. The Balaban J connectivity index is 1.47. The van der Waals surface area contributed by atoms with Gasteiger partial charge in [0.05, 0.1) is 27.4 Å². The number of amides is 1. The van der Waals surface area contributed by atoms with Gasteiger partial charge in [0.25, 0.3) is 5.91 Å². The molecule has 1 heterocycles. The van der Waals surface area contributed by atoms with E-state index in [1.165, 1.54) is 4.70 Å². The number of rotatable bonds is 6. The van der Waals surface area contributed by atoms with E-state index in [2.05, 4.69) is 16.4 Å². The molecule has 3 rings (SSSR count). The van der Waals surface area contributed by atoms with Crippen molar-refractivity contribution in [1.82, 2.24) is 10.3 Å². The number of para-hydroxylation sites is 1. The summed E-state index contributed by atoms with van der Waals surface area (Å²) in [6, 6.07) is 14.6. The summed E-state index contributed by atoms with van der Waals surface area (Å²) in [6.07, 6.45) is 1.50. The van der Waals surface area contributed by atoms with Crippen molar-refractivity contribution < 1.29 is 14.3 Å². The molecule has 1 aromatic heterocycles. The molecular weight excluding hydrogens is 372 g/mol. The zero-order chi connectivity index (χ0) is 20.1. The third-order valence-corrected chi connectivity index (χ3v) is 5.07. The monoisotopic (exact) mass is 396 g/mol. The fraction of sp³-hybridized carbons (Fsp3) is 0.318. The molecule has 1 N–H and O–H groups in total. The Kier molecular flexibility index (Phi) is 6.09. The molecule has 0 saturated heterocycles. The Bertz CT molecular complexity index is 938. The van der Waals surface area contributed by atoms with Crippen LogP contribution in [0.1, 0.15) is 52.9 Å². The van der Waals surface area contributed by atoms with E-state index < -0.39 is 0 Å². The van der Waals surface area contributed by atoms with Crippen LogP contribution >= 0.6 is 11.3 Å². The number of hydrogen-bond acceptors (Lipinski definition) is 5. The highest BCUT2D eigenvalue weighted by Crippen LogP contribution is 2.22. The third kappa shape index (κ3) is 5.39. The van der Waals surface area contributed by atoms with E-state index in [1.807, 2.05) is 39.0 Å². The van der Waals surface area contributed by atoms with Gasteiger partial charge in [-0.2, -0.15) is 0 Å². The Morgan fingerprint density at radius 1 is 1.04 bits per heavy atom. The van der Waals surface area contributed by atoms with Gasteiger partial charge in [-0.05, 0) is 63.6 Å². The molecule has 28 heavy (non-hydrogen) atoms. The Hall–Kier alpha value is -2.73. The van der Waals surface area contributed by atoms with Crippen molar-refractivity contribution >= 4 is 33.4 Å². The molecule has 2 aromatic carbocycles. The minimum Gasteiger partial charge on any atom is -0.462 e. The van der Waals surface area contributed by atoms with Crippen LogP contribution in [-0.2, 0) is 11.2 Å². The third-order valence-electron chi connectivity index (χ3n) is 3.98. The summed E-state index contributed by atoms with van der Waals surface area (Å²) in [5, 5.41) is 3.94. The quantitative estimate of drug-likeness (QED) is 0.488. The summed E-state index contributed by atoms with van der Waals surface area (Å²) >= 11 is 1.67. The van der Waals surface area contributed by atoms with Crippen LogP contribution in [0.3, 0.4) is 0 Å². The maximum atomic E-state index is 12.2. The summed E-state index contributed by atoms with van der Waals surface area (Å²) in [7, 11) is 0. The number of nitrogens with zero attached hydrogens (tertiary/aromatic N) is 1. The number of carbonyl (C=O) groups excluding carboxylic acids is 2. The van der Waals surface area contributed by atoms with Crippen molar-refractivity contribution in [3.05, 3.63) is 64.7 Å². The molecule has 5 nitrogen and oxygen atoms in total. The molecule has 0 atom stereocenters. The van der Waals surface area contributed by atoms with E-state index in [4.69, 9.17) is 4.74 Å². The molecular formula is C22H24N2O3S. The molecule has 0 radical (unpaired) electrons. The molecule has 146 valence electrons. The van der Waals surface area contributed by atoms with Crippen molar-refractivity contribution in [2.24, 2.45) is 0 Å². The van der Waals surface area contributed by atoms with E-state index in [9.17, 15) is 9.59 Å². The molecule has 0 saturated carbocycles. The summed E-state index contributed by atoms with van der Waals surface area (Å²) in [4.78, 5) is 28.9. The van der Waals surface area contributed by atoms with Gasteiger partial charge in [-0.3, -0.25) is 4.79 Å². The Morgan fingerprint density at radius 2 is 1.71 bits per heavy atom. The van der Waals surface area contributed by atoms with Crippen LogP contribution in [0.4, 0.5) is 0 Å². The fourth-order valence-corrected chi connectivity index (χ4v) is 3.68. The van der Waals surface area contributed by atoms with Crippen molar-refractivity contribution in [3.63, 3.8) is 0 Å². The number of aromatic nitrogens is 1. The topological polar surface area (TPSA) is 68.3 Å². The van der Waals surface area contributed by atoms with E-state index in [1.54, 1.807) is 35.6 Å². The molecule has 0 spiro atoms.